The molecular weight excluding hydrogens is 450 g/mol. The van der Waals surface area contributed by atoms with Crippen LogP contribution in [0.4, 0.5) is 0 Å². The van der Waals surface area contributed by atoms with Gasteiger partial charge in [0.2, 0.25) is 0 Å². The van der Waals surface area contributed by atoms with Crippen LogP contribution >= 0.6 is 0 Å². The maximum absolute atomic E-state index is 14.1. The lowest BCUT2D eigenvalue weighted by atomic mass is 9.90. The molecule has 1 aromatic heterocycles. The van der Waals surface area contributed by atoms with E-state index in [1.807, 2.05) is 66.7 Å². The molecule has 3 aromatic rings. The summed E-state index contributed by atoms with van der Waals surface area (Å²) in [6, 6.07) is 15.5. The highest BCUT2D eigenvalue weighted by molar-refractivity contribution is 6.05. The third kappa shape index (κ3) is 5.13. The van der Waals surface area contributed by atoms with Crippen molar-refractivity contribution >= 4 is 22.7 Å². The van der Waals surface area contributed by atoms with Crippen LogP contribution in [0.3, 0.4) is 0 Å². The minimum absolute atomic E-state index is 0.000753. The molecule has 1 aliphatic heterocycles. The Labute approximate surface area is 213 Å². The molecule has 2 heterocycles. The Morgan fingerprint density at radius 3 is 2.56 bits per heavy atom. The average molecular weight is 488 g/mol. The van der Waals surface area contributed by atoms with Gasteiger partial charge in [0.1, 0.15) is 11.9 Å². The topological polar surface area (TPSA) is 65.6 Å². The molecular formula is C30H37N3O3. The maximum atomic E-state index is 14.1. The molecule has 36 heavy (non-hydrogen) atoms. The summed E-state index contributed by atoms with van der Waals surface area (Å²) in [5.74, 6) is 0.691. The quantitative estimate of drug-likeness (QED) is 0.455. The van der Waals surface area contributed by atoms with Crippen LogP contribution in [0.5, 0.6) is 5.75 Å². The van der Waals surface area contributed by atoms with Crippen LogP contribution in [0.15, 0.2) is 54.7 Å². The number of hydrogen-bond acceptors (Lipinski definition) is 3. The van der Waals surface area contributed by atoms with E-state index in [0.29, 0.717) is 11.3 Å². The smallest absolute Gasteiger partial charge is 0.257 e. The largest absolute Gasteiger partial charge is 0.487 e. The van der Waals surface area contributed by atoms with Crippen LogP contribution in [-0.2, 0) is 0 Å². The van der Waals surface area contributed by atoms with Gasteiger partial charge in [-0.25, -0.2) is 0 Å². The third-order valence-corrected chi connectivity index (χ3v) is 7.78. The predicted molar refractivity (Wildman–Crippen MR) is 142 cm³/mol. The number of carbonyl (C=O) groups excluding carboxylic acids is 2. The first-order chi connectivity index (χ1) is 17.6. The number of aromatic amines is 1. The third-order valence-electron chi connectivity index (χ3n) is 7.78. The zero-order chi connectivity index (χ0) is 24.9. The molecule has 0 saturated heterocycles. The summed E-state index contributed by atoms with van der Waals surface area (Å²) in [5, 5.41) is 1.05. The first kappa shape index (κ1) is 24.4. The summed E-state index contributed by atoms with van der Waals surface area (Å²) in [7, 11) is 1.88. The molecule has 6 nitrogen and oxygen atoms in total. The van der Waals surface area contributed by atoms with E-state index in [1.165, 1.54) is 0 Å². The van der Waals surface area contributed by atoms with Gasteiger partial charge in [-0.05, 0) is 56.4 Å². The van der Waals surface area contributed by atoms with Crippen molar-refractivity contribution in [2.45, 2.75) is 69.9 Å². The van der Waals surface area contributed by atoms with E-state index >= 15 is 0 Å². The second kappa shape index (κ2) is 11.2. The van der Waals surface area contributed by atoms with Crippen LogP contribution in [0.1, 0.15) is 78.5 Å². The number of para-hydroxylation sites is 2. The SMILES string of the molecule is CN1CCCCCCCN(C(=O)c2cccc3cc[nH]c23)[C@@H]2CCCC[C@@H]2Oc2ccccc2C1=O. The molecule has 2 atom stereocenters. The molecule has 1 aliphatic carbocycles. The fraction of sp³-hybridized carbons (Fsp3) is 0.467. The zero-order valence-electron chi connectivity index (χ0n) is 21.2. The first-order valence-corrected chi connectivity index (χ1v) is 13.5. The molecule has 6 heteroatoms. The van der Waals surface area contributed by atoms with Gasteiger partial charge in [-0.15, -0.1) is 0 Å². The highest BCUT2D eigenvalue weighted by atomic mass is 16.5. The molecule has 0 spiro atoms. The molecule has 1 fully saturated rings. The number of H-pyrrole nitrogens is 1. The monoisotopic (exact) mass is 487 g/mol. The highest BCUT2D eigenvalue weighted by Crippen LogP contribution is 2.32. The molecule has 5 rings (SSSR count). The standard InChI is InChI=1S/C30H37N3O3/c1-32-20-9-3-2-4-10-21-33(30(35)24-14-11-12-22-18-19-31-28(22)24)25-15-6-8-17-27(25)36-26-16-7-5-13-23(26)29(32)34/h5,7,11-14,16,18-19,25,27,31H,2-4,6,8-10,15,17,20-21H2,1H3/t25-,27+/m1/s1. The lowest BCUT2D eigenvalue weighted by molar-refractivity contribution is 0.0272. The van der Waals surface area contributed by atoms with Gasteiger partial charge in [0.15, 0.2) is 0 Å². The van der Waals surface area contributed by atoms with Gasteiger partial charge in [0.25, 0.3) is 11.8 Å². The Balaban J connectivity index is 1.50. The van der Waals surface area contributed by atoms with Gasteiger partial charge in [-0.1, -0.05) is 49.9 Å². The number of rotatable bonds is 1. The lowest BCUT2D eigenvalue weighted by Gasteiger charge is -2.40. The molecule has 2 aliphatic rings. The van der Waals surface area contributed by atoms with E-state index in [1.54, 1.807) is 0 Å². The summed E-state index contributed by atoms with van der Waals surface area (Å²) >= 11 is 0. The summed E-state index contributed by atoms with van der Waals surface area (Å²) in [5.41, 5.74) is 2.22. The summed E-state index contributed by atoms with van der Waals surface area (Å²) in [6.45, 7) is 1.46. The van der Waals surface area contributed by atoms with Crippen molar-refractivity contribution < 1.29 is 14.3 Å². The summed E-state index contributed by atoms with van der Waals surface area (Å²) in [4.78, 5) is 34.5. The van der Waals surface area contributed by atoms with E-state index in [-0.39, 0.29) is 24.0 Å². The Morgan fingerprint density at radius 2 is 1.67 bits per heavy atom. The number of nitrogens with zero attached hydrogens (tertiary/aromatic N) is 2. The number of aromatic nitrogens is 1. The number of amides is 2. The van der Waals surface area contributed by atoms with Gasteiger partial charge >= 0.3 is 0 Å². The Bertz CT molecular complexity index is 1200. The van der Waals surface area contributed by atoms with Crippen molar-refractivity contribution in [3.05, 3.63) is 65.9 Å². The van der Waals surface area contributed by atoms with Crippen molar-refractivity contribution in [2.75, 3.05) is 20.1 Å². The Morgan fingerprint density at radius 1 is 0.889 bits per heavy atom. The highest BCUT2D eigenvalue weighted by Gasteiger charge is 2.36. The van der Waals surface area contributed by atoms with E-state index in [0.717, 1.165) is 87.3 Å². The van der Waals surface area contributed by atoms with Crippen molar-refractivity contribution in [3.8, 4) is 5.75 Å². The minimum Gasteiger partial charge on any atom is -0.487 e. The van der Waals surface area contributed by atoms with Crippen molar-refractivity contribution in [2.24, 2.45) is 0 Å². The Kier molecular flexibility index (Phi) is 7.59. The Hall–Kier alpha value is -3.28. The molecule has 1 N–H and O–H groups in total. The van der Waals surface area contributed by atoms with Crippen LogP contribution in [-0.4, -0.2) is 58.9 Å². The summed E-state index contributed by atoms with van der Waals surface area (Å²) < 4.78 is 6.63. The molecule has 190 valence electrons. The number of fused-ring (bicyclic) bond motifs is 3. The van der Waals surface area contributed by atoms with Gasteiger partial charge in [-0.3, -0.25) is 9.59 Å². The molecule has 2 aromatic carbocycles. The number of carbonyl (C=O) groups is 2. The number of benzene rings is 2. The fourth-order valence-corrected chi connectivity index (χ4v) is 5.78. The van der Waals surface area contributed by atoms with E-state index in [9.17, 15) is 9.59 Å². The molecule has 2 amide bonds. The number of hydrogen-bond donors (Lipinski definition) is 1. The van der Waals surface area contributed by atoms with Crippen LogP contribution in [0.25, 0.3) is 10.9 Å². The second-order valence-corrected chi connectivity index (χ2v) is 10.2. The van der Waals surface area contributed by atoms with Crippen LogP contribution < -0.4 is 4.74 Å². The molecule has 0 radical (unpaired) electrons. The van der Waals surface area contributed by atoms with Crippen molar-refractivity contribution in [1.82, 2.24) is 14.8 Å². The van der Waals surface area contributed by atoms with E-state index < -0.39 is 0 Å². The van der Waals surface area contributed by atoms with Gasteiger partial charge < -0.3 is 19.5 Å². The van der Waals surface area contributed by atoms with Crippen LogP contribution in [0.2, 0.25) is 0 Å². The van der Waals surface area contributed by atoms with Gasteiger partial charge in [0, 0.05) is 31.7 Å². The van der Waals surface area contributed by atoms with Crippen LogP contribution in [0, 0.1) is 0 Å². The minimum atomic E-state index is -0.144. The maximum Gasteiger partial charge on any atom is 0.257 e. The summed E-state index contributed by atoms with van der Waals surface area (Å²) in [6.07, 6.45) is 10.9. The zero-order valence-corrected chi connectivity index (χ0v) is 21.2. The molecule has 1 saturated carbocycles. The lowest BCUT2D eigenvalue weighted by Crippen LogP contribution is -2.51. The molecule has 0 bridgehead atoms. The van der Waals surface area contributed by atoms with Gasteiger partial charge in [0.05, 0.1) is 22.7 Å². The van der Waals surface area contributed by atoms with Crippen molar-refractivity contribution in [3.63, 3.8) is 0 Å². The van der Waals surface area contributed by atoms with Crippen molar-refractivity contribution in [1.29, 1.82) is 0 Å². The second-order valence-electron chi connectivity index (χ2n) is 10.2. The van der Waals surface area contributed by atoms with E-state index in [4.69, 9.17) is 4.74 Å². The average Bonchev–Trinajstić information content (AvgIpc) is 3.39. The molecule has 0 unspecified atom stereocenters. The first-order valence-electron chi connectivity index (χ1n) is 13.5. The number of ether oxygens (including phenoxy) is 1. The predicted octanol–water partition coefficient (Wildman–Crippen LogP) is 6.04. The number of nitrogens with one attached hydrogen (secondary N) is 1. The fourth-order valence-electron chi connectivity index (χ4n) is 5.78. The van der Waals surface area contributed by atoms with Gasteiger partial charge in [-0.2, -0.15) is 0 Å². The van der Waals surface area contributed by atoms with E-state index in [2.05, 4.69) is 9.88 Å². The normalized spacial score (nSPS) is 22.2.